The number of carbonyl (C=O) groups is 2. The normalized spacial score (nSPS) is 25.4. The van der Waals surface area contributed by atoms with Gasteiger partial charge in [-0.1, -0.05) is 25.0 Å². The van der Waals surface area contributed by atoms with Crippen LogP contribution < -0.4 is 10.1 Å². The van der Waals surface area contributed by atoms with E-state index in [2.05, 4.69) is 5.32 Å². The van der Waals surface area contributed by atoms with Crippen LogP contribution in [0, 0.1) is 0 Å². The first-order chi connectivity index (χ1) is 11.5. The Morgan fingerprint density at radius 2 is 1.71 bits per heavy atom. The third kappa shape index (κ3) is 2.91. The van der Waals surface area contributed by atoms with Gasteiger partial charge in [0.2, 0.25) is 5.72 Å². The Kier molecular flexibility index (Phi) is 4.60. The molecule has 0 aromatic heterocycles. The van der Waals surface area contributed by atoms with Gasteiger partial charge in [-0.05, 0) is 43.5 Å². The first kappa shape index (κ1) is 16.9. The molecular formula is C18H23NO5. The van der Waals surface area contributed by atoms with E-state index in [1.54, 1.807) is 19.2 Å². The number of hydrogen-bond donors (Lipinski definition) is 2. The second-order valence-corrected chi connectivity index (χ2v) is 6.59. The molecular weight excluding hydrogens is 310 g/mol. The smallest absolute Gasteiger partial charge is 0.361 e. The lowest BCUT2D eigenvalue weighted by Gasteiger charge is -2.28. The van der Waals surface area contributed by atoms with Crippen LogP contribution in [0.5, 0.6) is 5.75 Å². The third-order valence-corrected chi connectivity index (χ3v) is 5.15. The van der Waals surface area contributed by atoms with Crippen LogP contribution in [0.1, 0.15) is 44.1 Å². The average molecular weight is 333 g/mol. The molecule has 1 aliphatic heterocycles. The molecule has 1 saturated heterocycles. The fourth-order valence-corrected chi connectivity index (χ4v) is 3.67. The maximum atomic E-state index is 12.8. The van der Waals surface area contributed by atoms with Crippen LogP contribution in [-0.2, 0) is 19.7 Å². The quantitative estimate of drug-likeness (QED) is 0.644. The molecule has 1 aromatic rings. The molecule has 1 atom stereocenters. The van der Waals surface area contributed by atoms with E-state index in [1.807, 2.05) is 12.1 Å². The van der Waals surface area contributed by atoms with Crippen molar-refractivity contribution < 1.29 is 24.2 Å². The molecule has 0 spiro atoms. The average Bonchev–Trinajstić information content (AvgIpc) is 3.25. The molecule has 6 heteroatoms. The van der Waals surface area contributed by atoms with E-state index < -0.39 is 23.1 Å². The lowest BCUT2D eigenvalue weighted by atomic mass is 9.79. The Bertz CT molecular complexity index is 613. The van der Waals surface area contributed by atoms with Crippen molar-refractivity contribution in [2.75, 3.05) is 13.7 Å². The molecule has 0 amide bonds. The molecule has 1 aliphatic carbocycles. The Morgan fingerprint density at radius 3 is 2.25 bits per heavy atom. The van der Waals surface area contributed by atoms with Gasteiger partial charge < -0.3 is 14.6 Å². The number of nitrogens with one attached hydrogen (secondary N) is 1. The van der Waals surface area contributed by atoms with Gasteiger partial charge in [-0.15, -0.1) is 0 Å². The number of carbonyl (C=O) groups excluding carboxylic acids is 2. The summed E-state index contributed by atoms with van der Waals surface area (Å²) >= 11 is 0. The van der Waals surface area contributed by atoms with Crippen LogP contribution in [0.3, 0.4) is 0 Å². The van der Waals surface area contributed by atoms with E-state index in [9.17, 15) is 14.7 Å². The summed E-state index contributed by atoms with van der Waals surface area (Å²) in [5, 5.41) is 12.9. The van der Waals surface area contributed by atoms with Crippen molar-refractivity contribution in [1.82, 2.24) is 5.32 Å². The number of esters is 2. The first-order valence-electron chi connectivity index (χ1n) is 8.39. The highest BCUT2D eigenvalue weighted by Crippen LogP contribution is 2.43. The topological polar surface area (TPSA) is 84.9 Å². The van der Waals surface area contributed by atoms with Crippen LogP contribution in [0.15, 0.2) is 24.3 Å². The molecule has 1 heterocycles. The van der Waals surface area contributed by atoms with Gasteiger partial charge in [0.1, 0.15) is 5.75 Å². The lowest BCUT2D eigenvalue weighted by molar-refractivity contribution is -0.178. The van der Waals surface area contributed by atoms with Gasteiger partial charge in [0.25, 0.3) is 0 Å². The van der Waals surface area contributed by atoms with Gasteiger partial charge in [0.15, 0.2) is 0 Å². The van der Waals surface area contributed by atoms with Crippen molar-refractivity contribution >= 4 is 11.9 Å². The van der Waals surface area contributed by atoms with Crippen molar-refractivity contribution in [1.29, 1.82) is 0 Å². The summed E-state index contributed by atoms with van der Waals surface area (Å²) in [5.41, 5.74) is -1.74. The Morgan fingerprint density at radius 1 is 1.04 bits per heavy atom. The van der Waals surface area contributed by atoms with Crippen LogP contribution in [0.2, 0.25) is 0 Å². The first-order valence-corrected chi connectivity index (χ1v) is 8.39. The highest BCUT2D eigenvalue weighted by atomic mass is 16.6. The molecule has 3 rings (SSSR count). The molecule has 2 aliphatic rings. The zero-order valence-corrected chi connectivity index (χ0v) is 13.8. The monoisotopic (exact) mass is 333 g/mol. The van der Waals surface area contributed by atoms with Gasteiger partial charge in [-0.25, -0.2) is 4.79 Å². The minimum atomic E-state index is -1.74. The largest absolute Gasteiger partial charge is 0.497 e. The van der Waals surface area contributed by atoms with Crippen LogP contribution in [0.25, 0.3) is 0 Å². The summed E-state index contributed by atoms with van der Waals surface area (Å²) in [6.45, 7) is 0.531. The van der Waals surface area contributed by atoms with Crippen LogP contribution in [0.4, 0.5) is 0 Å². The Hall–Kier alpha value is -1.92. The van der Waals surface area contributed by atoms with Crippen LogP contribution >= 0.6 is 0 Å². The zero-order valence-electron chi connectivity index (χ0n) is 13.8. The summed E-state index contributed by atoms with van der Waals surface area (Å²) in [6, 6.07) is 7.30. The van der Waals surface area contributed by atoms with Crippen molar-refractivity contribution in [2.45, 2.75) is 49.7 Å². The lowest BCUT2D eigenvalue weighted by Crippen LogP contribution is -2.50. The maximum Gasteiger partial charge on any atom is 0.361 e. The Balaban J connectivity index is 1.81. The van der Waals surface area contributed by atoms with E-state index in [1.165, 1.54) is 0 Å². The zero-order chi connectivity index (χ0) is 17.2. The van der Waals surface area contributed by atoms with E-state index >= 15 is 0 Å². The molecule has 1 saturated carbocycles. The summed E-state index contributed by atoms with van der Waals surface area (Å²) in [5.74, 6) is -0.761. The number of hydrogen-bond acceptors (Lipinski definition) is 6. The molecule has 130 valence electrons. The van der Waals surface area contributed by atoms with E-state index in [4.69, 9.17) is 9.47 Å². The molecule has 1 aromatic carbocycles. The third-order valence-electron chi connectivity index (χ3n) is 5.15. The van der Waals surface area contributed by atoms with E-state index in [0.717, 1.165) is 18.4 Å². The van der Waals surface area contributed by atoms with Crippen molar-refractivity contribution in [3.05, 3.63) is 29.8 Å². The second-order valence-electron chi connectivity index (χ2n) is 6.59. The highest BCUT2D eigenvalue weighted by Gasteiger charge is 2.48. The molecule has 0 bridgehead atoms. The molecule has 2 fully saturated rings. The van der Waals surface area contributed by atoms with Gasteiger partial charge in [0, 0.05) is 6.42 Å². The van der Waals surface area contributed by atoms with Gasteiger partial charge in [-0.3, -0.25) is 10.1 Å². The summed E-state index contributed by atoms with van der Waals surface area (Å²) in [7, 11) is 1.59. The van der Waals surface area contributed by atoms with E-state index in [-0.39, 0.29) is 6.42 Å². The van der Waals surface area contributed by atoms with E-state index in [0.29, 0.717) is 31.6 Å². The predicted octanol–water partition coefficient (Wildman–Crippen LogP) is 1.65. The summed E-state index contributed by atoms with van der Waals surface area (Å²) < 4.78 is 10.3. The summed E-state index contributed by atoms with van der Waals surface area (Å²) in [6.07, 6.45) is 4.00. The van der Waals surface area contributed by atoms with Crippen molar-refractivity contribution in [3.63, 3.8) is 0 Å². The molecule has 6 nitrogen and oxygen atoms in total. The number of rotatable bonds is 4. The fourth-order valence-electron chi connectivity index (χ4n) is 3.67. The fraction of sp³-hybridized carbons (Fsp3) is 0.556. The Labute approximate surface area is 141 Å². The number of ether oxygens (including phenoxy) is 2. The second kappa shape index (κ2) is 6.53. The molecule has 2 N–H and O–H groups in total. The summed E-state index contributed by atoms with van der Waals surface area (Å²) in [4.78, 5) is 25.1. The standard InChI is InChI=1S/C18H23NO5/c1-23-14-7-5-13(6-8-14)17(9-2-3-10-17)15(20)24-16(21)18(22)11-4-12-19-18/h5-8,19,22H,2-4,9-12H2,1H3/t18-/m0/s1. The van der Waals surface area contributed by atoms with Gasteiger partial charge in [0.05, 0.1) is 12.5 Å². The maximum absolute atomic E-state index is 12.8. The van der Waals surface area contributed by atoms with Crippen molar-refractivity contribution in [2.24, 2.45) is 0 Å². The van der Waals surface area contributed by atoms with Crippen molar-refractivity contribution in [3.8, 4) is 5.75 Å². The highest BCUT2D eigenvalue weighted by molar-refractivity contribution is 5.95. The van der Waals surface area contributed by atoms with Crippen LogP contribution in [-0.4, -0.2) is 36.4 Å². The minimum Gasteiger partial charge on any atom is -0.497 e. The molecule has 24 heavy (non-hydrogen) atoms. The number of methoxy groups -OCH3 is 1. The molecule has 0 radical (unpaired) electrons. The number of aliphatic hydroxyl groups is 1. The number of benzene rings is 1. The van der Waals surface area contributed by atoms with Gasteiger partial charge >= 0.3 is 11.9 Å². The predicted molar refractivity (Wildman–Crippen MR) is 86.4 cm³/mol. The molecule has 0 unspecified atom stereocenters. The minimum absolute atomic E-state index is 0.259. The SMILES string of the molecule is COc1ccc(C2(C(=O)OC(=O)[C@@]3(O)CCCN3)CCCC2)cc1. The van der Waals surface area contributed by atoms with Gasteiger partial charge in [-0.2, -0.15) is 0 Å².